The van der Waals surface area contributed by atoms with E-state index in [0.29, 0.717) is 5.56 Å². The topological polar surface area (TPSA) is 55.4 Å². The van der Waals surface area contributed by atoms with Gasteiger partial charge in [-0.1, -0.05) is 18.2 Å². The van der Waals surface area contributed by atoms with Gasteiger partial charge >= 0.3 is 5.97 Å². The number of fused-ring (bicyclic) bond motifs is 1. The van der Waals surface area contributed by atoms with E-state index in [1.807, 2.05) is 12.1 Å². The molecule has 1 aliphatic heterocycles. The Kier molecular flexibility index (Phi) is 2.41. The van der Waals surface area contributed by atoms with Gasteiger partial charge in [-0.05, 0) is 11.6 Å². The van der Waals surface area contributed by atoms with Crippen molar-refractivity contribution in [3.05, 3.63) is 35.4 Å². The lowest BCUT2D eigenvalue weighted by Crippen LogP contribution is -2.21. The van der Waals surface area contributed by atoms with E-state index < -0.39 is 0 Å². The molecule has 1 atom stereocenters. The number of ether oxygens (including phenoxy) is 1. The summed E-state index contributed by atoms with van der Waals surface area (Å²) in [5.74, 6) is -0.448. The van der Waals surface area contributed by atoms with Crippen LogP contribution in [0.1, 0.15) is 28.4 Å². The molecule has 0 bridgehead atoms. The zero-order valence-electron chi connectivity index (χ0n) is 8.32. The number of methoxy groups -OCH3 is 1. The molecule has 1 N–H and O–H groups in total. The van der Waals surface area contributed by atoms with E-state index in [2.05, 4.69) is 10.1 Å². The van der Waals surface area contributed by atoms with Gasteiger partial charge in [0.15, 0.2) is 0 Å². The minimum absolute atomic E-state index is 0.125. The van der Waals surface area contributed by atoms with Crippen LogP contribution in [0.4, 0.5) is 0 Å². The van der Waals surface area contributed by atoms with Crippen molar-refractivity contribution in [2.45, 2.75) is 12.5 Å². The maximum atomic E-state index is 11.5. The Morgan fingerprint density at radius 2 is 2.20 bits per heavy atom. The first-order chi connectivity index (χ1) is 7.22. The lowest BCUT2D eigenvalue weighted by Gasteiger charge is -2.09. The second-order valence-corrected chi connectivity index (χ2v) is 3.39. The predicted molar refractivity (Wildman–Crippen MR) is 53.3 cm³/mol. The van der Waals surface area contributed by atoms with Gasteiger partial charge in [-0.3, -0.25) is 9.59 Å². The Bertz CT molecular complexity index is 414. The van der Waals surface area contributed by atoms with Crippen LogP contribution in [0.5, 0.6) is 0 Å². The second kappa shape index (κ2) is 3.73. The number of benzene rings is 1. The van der Waals surface area contributed by atoms with Crippen LogP contribution in [0.25, 0.3) is 0 Å². The third kappa shape index (κ3) is 1.70. The quantitative estimate of drug-likeness (QED) is 0.734. The lowest BCUT2D eigenvalue weighted by atomic mass is 10.0. The van der Waals surface area contributed by atoms with E-state index in [0.717, 1.165) is 5.56 Å². The van der Waals surface area contributed by atoms with E-state index in [4.69, 9.17) is 0 Å². The van der Waals surface area contributed by atoms with Crippen LogP contribution in [0.2, 0.25) is 0 Å². The van der Waals surface area contributed by atoms with Gasteiger partial charge in [0.05, 0.1) is 19.6 Å². The van der Waals surface area contributed by atoms with Crippen molar-refractivity contribution in [2.24, 2.45) is 0 Å². The molecule has 15 heavy (non-hydrogen) atoms. The van der Waals surface area contributed by atoms with Gasteiger partial charge in [0, 0.05) is 5.56 Å². The summed E-state index contributed by atoms with van der Waals surface area (Å²) in [5.41, 5.74) is 1.51. The number of carbonyl (C=O) groups excluding carboxylic acids is 2. The van der Waals surface area contributed by atoms with Crippen molar-refractivity contribution < 1.29 is 14.3 Å². The van der Waals surface area contributed by atoms with Gasteiger partial charge in [0.25, 0.3) is 5.91 Å². The minimum Gasteiger partial charge on any atom is -0.469 e. The molecular formula is C11H11NO3. The third-order valence-corrected chi connectivity index (χ3v) is 2.48. The monoisotopic (exact) mass is 205 g/mol. The van der Waals surface area contributed by atoms with E-state index in [1.54, 1.807) is 12.1 Å². The summed E-state index contributed by atoms with van der Waals surface area (Å²) in [5, 5.41) is 2.74. The van der Waals surface area contributed by atoms with Gasteiger partial charge in [-0.2, -0.15) is 0 Å². The number of amides is 1. The molecule has 78 valence electrons. The second-order valence-electron chi connectivity index (χ2n) is 3.39. The Labute approximate surface area is 87.2 Å². The summed E-state index contributed by atoms with van der Waals surface area (Å²) in [4.78, 5) is 22.6. The summed E-state index contributed by atoms with van der Waals surface area (Å²) in [6.45, 7) is 0. The van der Waals surface area contributed by atoms with Crippen LogP contribution in [0.15, 0.2) is 24.3 Å². The molecule has 1 amide bonds. The van der Waals surface area contributed by atoms with Crippen LogP contribution in [-0.2, 0) is 9.53 Å². The molecule has 1 aliphatic rings. The highest BCUT2D eigenvalue weighted by molar-refractivity contribution is 5.99. The highest BCUT2D eigenvalue weighted by Gasteiger charge is 2.29. The average molecular weight is 205 g/mol. The summed E-state index contributed by atoms with van der Waals surface area (Å²) in [6, 6.07) is 7.01. The van der Waals surface area contributed by atoms with Crippen molar-refractivity contribution in [1.29, 1.82) is 0 Å². The molecular weight excluding hydrogens is 194 g/mol. The predicted octanol–water partition coefficient (Wildman–Crippen LogP) is 1.03. The first kappa shape index (κ1) is 9.71. The highest BCUT2D eigenvalue weighted by Crippen LogP contribution is 2.27. The third-order valence-electron chi connectivity index (χ3n) is 2.48. The fourth-order valence-electron chi connectivity index (χ4n) is 1.73. The van der Waals surface area contributed by atoms with Crippen molar-refractivity contribution in [3.63, 3.8) is 0 Å². The van der Waals surface area contributed by atoms with Gasteiger partial charge in [0.2, 0.25) is 0 Å². The maximum absolute atomic E-state index is 11.5. The summed E-state index contributed by atoms with van der Waals surface area (Å²) >= 11 is 0. The van der Waals surface area contributed by atoms with E-state index in [9.17, 15) is 9.59 Å². The van der Waals surface area contributed by atoms with Gasteiger partial charge in [-0.25, -0.2) is 0 Å². The number of hydrogen-bond acceptors (Lipinski definition) is 3. The summed E-state index contributed by atoms with van der Waals surface area (Å²) in [6.07, 6.45) is 0.180. The SMILES string of the molecule is COC(=O)CC1NC(=O)c2ccccc21. The first-order valence-electron chi connectivity index (χ1n) is 4.69. The standard InChI is InChI=1S/C11H11NO3/c1-15-10(13)6-9-7-4-2-3-5-8(7)11(14)12-9/h2-5,9H,6H2,1H3,(H,12,14). The molecule has 2 rings (SSSR count). The van der Waals surface area contributed by atoms with Crippen molar-refractivity contribution in [3.8, 4) is 0 Å². The first-order valence-corrected chi connectivity index (χ1v) is 4.69. The fourth-order valence-corrected chi connectivity index (χ4v) is 1.73. The van der Waals surface area contributed by atoms with Crippen LogP contribution in [-0.4, -0.2) is 19.0 Å². The van der Waals surface area contributed by atoms with E-state index in [-0.39, 0.29) is 24.3 Å². The van der Waals surface area contributed by atoms with Crippen molar-refractivity contribution in [2.75, 3.05) is 7.11 Å². The molecule has 1 aromatic rings. The number of esters is 1. The molecule has 0 radical (unpaired) electrons. The van der Waals surface area contributed by atoms with Gasteiger partial charge in [-0.15, -0.1) is 0 Å². The van der Waals surface area contributed by atoms with E-state index in [1.165, 1.54) is 7.11 Å². The van der Waals surface area contributed by atoms with Crippen molar-refractivity contribution >= 4 is 11.9 Å². The summed E-state index contributed by atoms with van der Waals surface area (Å²) in [7, 11) is 1.34. The zero-order valence-corrected chi connectivity index (χ0v) is 8.32. The Morgan fingerprint density at radius 1 is 1.47 bits per heavy atom. The van der Waals surface area contributed by atoms with Gasteiger partial charge < -0.3 is 10.1 Å². The molecule has 0 saturated heterocycles. The smallest absolute Gasteiger partial charge is 0.307 e. The van der Waals surface area contributed by atoms with Crippen LogP contribution >= 0.6 is 0 Å². The van der Waals surface area contributed by atoms with Crippen LogP contribution < -0.4 is 5.32 Å². The van der Waals surface area contributed by atoms with Crippen LogP contribution in [0.3, 0.4) is 0 Å². The molecule has 0 aromatic heterocycles. The van der Waals surface area contributed by atoms with Gasteiger partial charge in [0.1, 0.15) is 0 Å². The Hall–Kier alpha value is -1.84. The van der Waals surface area contributed by atoms with Crippen molar-refractivity contribution in [1.82, 2.24) is 5.32 Å². The largest absolute Gasteiger partial charge is 0.469 e. The van der Waals surface area contributed by atoms with Crippen LogP contribution in [0, 0.1) is 0 Å². The molecule has 4 heteroatoms. The zero-order chi connectivity index (χ0) is 10.8. The highest BCUT2D eigenvalue weighted by atomic mass is 16.5. The normalized spacial score (nSPS) is 18.2. The molecule has 4 nitrogen and oxygen atoms in total. The molecule has 1 aromatic carbocycles. The number of rotatable bonds is 2. The Morgan fingerprint density at radius 3 is 2.93 bits per heavy atom. The minimum atomic E-state index is -0.322. The lowest BCUT2D eigenvalue weighted by molar-refractivity contribution is -0.141. The molecule has 0 saturated carbocycles. The molecule has 0 aliphatic carbocycles. The Balaban J connectivity index is 2.25. The molecule has 0 spiro atoms. The molecule has 1 heterocycles. The average Bonchev–Trinajstić information content (AvgIpc) is 2.57. The maximum Gasteiger partial charge on any atom is 0.307 e. The number of carbonyl (C=O) groups is 2. The summed E-state index contributed by atoms with van der Waals surface area (Å²) < 4.78 is 4.57. The molecule has 0 fully saturated rings. The fraction of sp³-hybridized carbons (Fsp3) is 0.273. The van der Waals surface area contributed by atoms with E-state index >= 15 is 0 Å². The number of hydrogen-bond donors (Lipinski definition) is 1. The number of nitrogens with one attached hydrogen (secondary N) is 1. The molecule has 1 unspecified atom stereocenters.